The van der Waals surface area contributed by atoms with Crippen LogP contribution in [0.2, 0.25) is 0 Å². The molecule has 0 aromatic carbocycles. The number of hydrogen-bond donors (Lipinski definition) is 2. The van der Waals surface area contributed by atoms with Gasteiger partial charge in [-0.05, 0) is 92.4 Å². The molecule has 0 saturated heterocycles. The molecule has 4 aliphatic rings. The number of rotatable bonds is 5. The monoisotopic (exact) mass is 349 g/mol. The van der Waals surface area contributed by atoms with Gasteiger partial charge in [-0.1, -0.05) is 13.8 Å². The molecular formula is C23H31N3. The van der Waals surface area contributed by atoms with Crippen molar-refractivity contribution in [3.63, 3.8) is 0 Å². The maximum absolute atomic E-state index is 5.30. The third kappa shape index (κ3) is 2.59. The smallest absolute Gasteiger partial charge is 0.0659 e. The Kier molecular flexibility index (Phi) is 3.88. The Hall–Kier alpha value is -1.77. The lowest BCUT2D eigenvalue weighted by molar-refractivity contribution is 0.00194. The van der Waals surface area contributed by atoms with Crippen LogP contribution in [-0.4, -0.2) is 21.7 Å². The molecule has 0 aliphatic heterocycles. The number of aromatic nitrogens is 2. The lowest BCUT2D eigenvalue weighted by Gasteiger charge is -2.54. The van der Waals surface area contributed by atoms with Crippen molar-refractivity contribution in [1.82, 2.24) is 9.97 Å². The minimum Gasteiger partial charge on any atom is -0.360 e. The standard InChI is InChI=1S/C23H31N3/c1-3-18-19(4-2)22(20-6-5-7-24-20)26-21(18)14-25-23-11-15-8-16(12-23)10-17(9-15)13-23/h5-7,14-17,24,26H,3-4,8-13H2,1-2H3. The zero-order valence-electron chi connectivity index (χ0n) is 16.1. The topological polar surface area (TPSA) is 43.9 Å². The van der Waals surface area contributed by atoms with Crippen molar-refractivity contribution >= 4 is 6.21 Å². The van der Waals surface area contributed by atoms with E-state index < -0.39 is 0 Å². The maximum Gasteiger partial charge on any atom is 0.0659 e. The van der Waals surface area contributed by atoms with E-state index in [4.69, 9.17) is 4.99 Å². The Morgan fingerprint density at radius 1 is 1.04 bits per heavy atom. The van der Waals surface area contributed by atoms with E-state index in [1.807, 2.05) is 6.20 Å². The van der Waals surface area contributed by atoms with Gasteiger partial charge < -0.3 is 9.97 Å². The molecule has 6 rings (SSSR count). The highest BCUT2D eigenvalue weighted by Gasteiger charge is 2.50. The van der Waals surface area contributed by atoms with Gasteiger partial charge in [0.25, 0.3) is 0 Å². The molecule has 0 amide bonds. The zero-order valence-corrected chi connectivity index (χ0v) is 16.1. The molecule has 3 nitrogen and oxygen atoms in total. The van der Waals surface area contributed by atoms with Crippen LogP contribution in [0.3, 0.4) is 0 Å². The van der Waals surface area contributed by atoms with E-state index in [1.165, 1.54) is 66.7 Å². The molecule has 2 aromatic rings. The minimum absolute atomic E-state index is 0.254. The molecule has 2 N–H and O–H groups in total. The van der Waals surface area contributed by atoms with Crippen LogP contribution in [0.4, 0.5) is 0 Å². The summed E-state index contributed by atoms with van der Waals surface area (Å²) in [5, 5.41) is 0. The fraction of sp³-hybridized carbons (Fsp3) is 0.609. The number of aromatic amines is 2. The lowest BCUT2D eigenvalue weighted by Crippen LogP contribution is -2.49. The van der Waals surface area contributed by atoms with Crippen molar-refractivity contribution in [1.29, 1.82) is 0 Å². The normalized spacial score (nSPS) is 32.8. The quantitative estimate of drug-likeness (QED) is 0.667. The fourth-order valence-electron chi connectivity index (χ4n) is 6.64. The third-order valence-electron chi connectivity index (χ3n) is 7.30. The summed E-state index contributed by atoms with van der Waals surface area (Å²) in [5.41, 5.74) is 6.83. The van der Waals surface area contributed by atoms with E-state index in [0.29, 0.717) is 0 Å². The van der Waals surface area contributed by atoms with Gasteiger partial charge in [-0.2, -0.15) is 0 Å². The van der Waals surface area contributed by atoms with Crippen LogP contribution < -0.4 is 0 Å². The predicted molar refractivity (Wildman–Crippen MR) is 108 cm³/mol. The van der Waals surface area contributed by atoms with Crippen molar-refractivity contribution in [2.45, 2.75) is 70.8 Å². The van der Waals surface area contributed by atoms with Crippen LogP contribution in [0.1, 0.15) is 69.2 Å². The Morgan fingerprint density at radius 2 is 1.69 bits per heavy atom. The first-order valence-corrected chi connectivity index (χ1v) is 10.6. The van der Waals surface area contributed by atoms with E-state index in [-0.39, 0.29) is 5.54 Å². The number of nitrogens with one attached hydrogen (secondary N) is 2. The summed E-state index contributed by atoms with van der Waals surface area (Å²) in [4.78, 5) is 12.4. The highest BCUT2D eigenvalue weighted by atomic mass is 14.9. The van der Waals surface area contributed by atoms with Gasteiger partial charge in [-0.25, -0.2) is 0 Å². The zero-order chi connectivity index (χ0) is 17.7. The maximum atomic E-state index is 5.30. The molecule has 4 saturated carbocycles. The van der Waals surface area contributed by atoms with Crippen molar-refractivity contribution in [3.8, 4) is 11.4 Å². The van der Waals surface area contributed by atoms with Gasteiger partial charge in [0.2, 0.25) is 0 Å². The van der Waals surface area contributed by atoms with Gasteiger partial charge in [0.05, 0.1) is 22.6 Å². The van der Waals surface area contributed by atoms with Crippen molar-refractivity contribution in [3.05, 3.63) is 35.2 Å². The molecule has 0 unspecified atom stereocenters. The largest absolute Gasteiger partial charge is 0.360 e. The van der Waals surface area contributed by atoms with Crippen LogP contribution in [0, 0.1) is 17.8 Å². The molecule has 0 spiro atoms. The number of hydrogen-bond acceptors (Lipinski definition) is 1. The molecule has 3 heteroatoms. The van der Waals surface area contributed by atoms with Gasteiger partial charge in [-0.15, -0.1) is 0 Å². The molecule has 4 fully saturated rings. The van der Waals surface area contributed by atoms with E-state index in [1.54, 1.807) is 0 Å². The van der Waals surface area contributed by atoms with Gasteiger partial charge >= 0.3 is 0 Å². The molecule has 4 aliphatic carbocycles. The fourth-order valence-corrected chi connectivity index (χ4v) is 6.64. The van der Waals surface area contributed by atoms with Gasteiger partial charge in [0.15, 0.2) is 0 Å². The van der Waals surface area contributed by atoms with E-state index in [9.17, 15) is 0 Å². The van der Waals surface area contributed by atoms with E-state index in [2.05, 4.69) is 42.2 Å². The van der Waals surface area contributed by atoms with Crippen LogP contribution in [0.15, 0.2) is 23.3 Å². The van der Waals surface area contributed by atoms with E-state index in [0.717, 1.165) is 30.6 Å². The molecule has 26 heavy (non-hydrogen) atoms. The highest BCUT2D eigenvalue weighted by Crippen LogP contribution is 2.57. The molecule has 2 aromatic heterocycles. The molecule has 2 heterocycles. The first-order chi connectivity index (χ1) is 12.7. The Morgan fingerprint density at radius 3 is 2.23 bits per heavy atom. The van der Waals surface area contributed by atoms with E-state index >= 15 is 0 Å². The van der Waals surface area contributed by atoms with Crippen LogP contribution in [0.25, 0.3) is 11.4 Å². The molecule has 0 radical (unpaired) electrons. The second kappa shape index (κ2) is 6.14. The summed E-state index contributed by atoms with van der Waals surface area (Å²) < 4.78 is 0. The van der Waals surface area contributed by atoms with Crippen LogP contribution in [0.5, 0.6) is 0 Å². The Labute approximate surface area is 156 Å². The number of H-pyrrole nitrogens is 2. The summed E-state index contributed by atoms with van der Waals surface area (Å²) in [6.07, 6.45) is 14.8. The summed E-state index contributed by atoms with van der Waals surface area (Å²) in [7, 11) is 0. The van der Waals surface area contributed by atoms with Gasteiger partial charge in [-0.3, -0.25) is 4.99 Å². The van der Waals surface area contributed by atoms with Crippen LogP contribution >= 0.6 is 0 Å². The summed E-state index contributed by atoms with van der Waals surface area (Å²) in [6, 6.07) is 4.23. The second-order valence-corrected chi connectivity index (χ2v) is 9.06. The molecule has 0 atom stereocenters. The van der Waals surface area contributed by atoms with Crippen LogP contribution in [-0.2, 0) is 12.8 Å². The average molecular weight is 350 g/mol. The minimum atomic E-state index is 0.254. The Bertz CT molecular complexity index is 774. The van der Waals surface area contributed by atoms with Crippen molar-refractivity contribution in [2.24, 2.45) is 22.7 Å². The van der Waals surface area contributed by atoms with Crippen molar-refractivity contribution in [2.75, 3.05) is 0 Å². The number of aliphatic imine (C=N–C) groups is 1. The third-order valence-corrected chi connectivity index (χ3v) is 7.30. The number of nitrogens with zero attached hydrogens (tertiary/aromatic N) is 1. The second-order valence-electron chi connectivity index (χ2n) is 9.06. The lowest BCUT2D eigenvalue weighted by atomic mass is 9.53. The first-order valence-electron chi connectivity index (χ1n) is 10.6. The average Bonchev–Trinajstić information content (AvgIpc) is 3.25. The molecule has 138 valence electrons. The first kappa shape index (κ1) is 16.4. The van der Waals surface area contributed by atoms with Gasteiger partial charge in [0.1, 0.15) is 0 Å². The summed E-state index contributed by atoms with van der Waals surface area (Å²) >= 11 is 0. The molecular weight excluding hydrogens is 318 g/mol. The Balaban J connectivity index is 1.50. The SMILES string of the molecule is CCc1c(C=NC23CC4CC(CC(C4)C2)C3)[nH]c(-c2ccc[nH]2)c1CC. The highest BCUT2D eigenvalue weighted by molar-refractivity contribution is 5.84. The molecule has 4 bridgehead atoms. The summed E-state index contributed by atoms with van der Waals surface area (Å²) in [6.45, 7) is 4.53. The predicted octanol–water partition coefficient (Wildman–Crippen LogP) is 5.52. The van der Waals surface area contributed by atoms with Crippen molar-refractivity contribution < 1.29 is 0 Å². The van der Waals surface area contributed by atoms with Gasteiger partial charge in [0, 0.05) is 12.4 Å². The summed E-state index contributed by atoms with van der Waals surface area (Å²) in [5.74, 6) is 2.86.